The lowest BCUT2D eigenvalue weighted by Gasteiger charge is -2.24. The van der Waals surface area contributed by atoms with Crippen molar-refractivity contribution in [1.29, 1.82) is 0 Å². The highest BCUT2D eigenvalue weighted by molar-refractivity contribution is 8.00. The SMILES string of the molecule is O=C1CS[C@@H](c2ccccc2)N1c1ccc([N+](=O)[O-])cc1. The number of hydrogen-bond donors (Lipinski definition) is 0. The lowest BCUT2D eigenvalue weighted by Crippen LogP contribution is -2.27. The molecule has 0 spiro atoms. The third-order valence-corrected chi connectivity index (χ3v) is 4.50. The summed E-state index contributed by atoms with van der Waals surface area (Å²) in [7, 11) is 0. The van der Waals surface area contributed by atoms with Gasteiger partial charge in [0.2, 0.25) is 5.91 Å². The summed E-state index contributed by atoms with van der Waals surface area (Å²) >= 11 is 1.56. The number of carbonyl (C=O) groups is 1. The van der Waals surface area contributed by atoms with E-state index in [0.29, 0.717) is 11.4 Å². The van der Waals surface area contributed by atoms with E-state index in [-0.39, 0.29) is 17.0 Å². The highest BCUT2D eigenvalue weighted by Crippen LogP contribution is 2.41. The number of anilines is 1. The van der Waals surface area contributed by atoms with Crippen LogP contribution in [0, 0.1) is 10.1 Å². The van der Waals surface area contributed by atoms with Crippen molar-refractivity contribution in [2.24, 2.45) is 0 Å². The van der Waals surface area contributed by atoms with Crippen LogP contribution in [-0.4, -0.2) is 16.6 Å². The summed E-state index contributed by atoms with van der Waals surface area (Å²) in [5.74, 6) is 0.430. The molecule has 0 aromatic heterocycles. The van der Waals surface area contributed by atoms with Crippen molar-refractivity contribution in [3.63, 3.8) is 0 Å². The molecule has 0 unspecified atom stereocenters. The van der Waals surface area contributed by atoms with Crippen molar-refractivity contribution in [3.05, 3.63) is 70.3 Å². The third kappa shape index (κ3) is 2.62. The van der Waals surface area contributed by atoms with E-state index in [4.69, 9.17) is 0 Å². The van der Waals surface area contributed by atoms with Crippen molar-refractivity contribution in [2.75, 3.05) is 10.7 Å². The largest absolute Gasteiger partial charge is 0.295 e. The molecule has 21 heavy (non-hydrogen) atoms. The molecule has 5 nitrogen and oxygen atoms in total. The van der Waals surface area contributed by atoms with Crippen LogP contribution in [-0.2, 0) is 4.79 Å². The molecule has 6 heteroatoms. The van der Waals surface area contributed by atoms with Gasteiger partial charge in [0.1, 0.15) is 5.37 Å². The molecule has 0 N–H and O–H groups in total. The normalized spacial score (nSPS) is 18.0. The average molecular weight is 300 g/mol. The first-order valence-electron chi connectivity index (χ1n) is 6.40. The molecule has 0 bridgehead atoms. The van der Waals surface area contributed by atoms with Gasteiger partial charge < -0.3 is 0 Å². The second-order valence-corrected chi connectivity index (χ2v) is 5.68. The van der Waals surface area contributed by atoms with Gasteiger partial charge in [-0.25, -0.2) is 0 Å². The van der Waals surface area contributed by atoms with Crippen LogP contribution in [0.3, 0.4) is 0 Å². The Balaban J connectivity index is 1.94. The van der Waals surface area contributed by atoms with Crippen LogP contribution in [0.15, 0.2) is 54.6 Å². The lowest BCUT2D eigenvalue weighted by atomic mass is 10.2. The number of rotatable bonds is 3. The van der Waals surface area contributed by atoms with E-state index in [1.807, 2.05) is 30.3 Å². The summed E-state index contributed by atoms with van der Waals surface area (Å²) in [5, 5.41) is 10.6. The minimum Gasteiger partial charge on any atom is -0.295 e. The molecule has 0 radical (unpaired) electrons. The second-order valence-electron chi connectivity index (χ2n) is 4.61. The van der Waals surface area contributed by atoms with E-state index in [0.717, 1.165) is 5.56 Å². The second kappa shape index (κ2) is 5.57. The van der Waals surface area contributed by atoms with E-state index in [1.165, 1.54) is 12.1 Å². The molecule has 0 aliphatic carbocycles. The predicted molar refractivity (Wildman–Crippen MR) is 82.2 cm³/mol. The number of thioether (sulfide) groups is 1. The van der Waals surface area contributed by atoms with Gasteiger partial charge in [0.25, 0.3) is 5.69 Å². The molecule has 1 aliphatic rings. The fourth-order valence-corrected chi connectivity index (χ4v) is 3.48. The fraction of sp³-hybridized carbons (Fsp3) is 0.133. The van der Waals surface area contributed by atoms with Crippen LogP contribution in [0.1, 0.15) is 10.9 Å². The predicted octanol–water partition coefficient (Wildman–Crippen LogP) is 3.37. The molecule has 1 amide bonds. The van der Waals surface area contributed by atoms with E-state index in [9.17, 15) is 14.9 Å². The summed E-state index contributed by atoms with van der Waals surface area (Å²) in [4.78, 5) is 24.1. The molecule has 1 fully saturated rings. The first kappa shape index (κ1) is 13.6. The average Bonchev–Trinajstić information content (AvgIpc) is 2.90. The zero-order chi connectivity index (χ0) is 14.8. The molecule has 1 aliphatic heterocycles. The van der Waals surface area contributed by atoms with E-state index in [1.54, 1.807) is 28.8 Å². The van der Waals surface area contributed by atoms with Crippen molar-refractivity contribution in [3.8, 4) is 0 Å². The van der Waals surface area contributed by atoms with Gasteiger partial charge >= 0.3 is 0 Å². The number of nitro groups is 1. The topological polar surface area (TPSA) is 63.5 Å². The minimum atomic E-state index is -0.445. The molecule has 1 heterocycles. The number of amides is 1. The number of carbonyl (C=O) groups excluding carboxylic acids is 1. The number of non-ortho nitro benzene ring substituents is 1. The molecule has 0 saturated carbocycles. The van der Waals surface area contributed by atoms with Crippen LogP contribution < -0.4 is 4.90 Å². The molecule has 2 aromatic rings. The molecular formula is C15H12N2O3S. The Hall–Kier alpha value is -2.34. The first-order chi connectivity index (χ1) is 10.2. The minimum absolute atomic E-state index is 0.0164. The summed E-state index contributed by atoms with van der Waals surface area (Å²) in [6.45, 7) is 0. The van der Waals surface area contributed by atoms with Crippen LogP contribution in [0.4, 0.5) is 11.4 Å². The Labute approximate surface area is 125 Å². The Morgan fingerprint density at radius 1 is 1.10 bits per heavy atom. The summed E-state index contributed by atoms with van der Waals surface area (Å²) < 4.78 is 0. The van der Waals surface area contributed by atoms with Gasteiger partial charge in [-0.15, -0.1) is 11.8 Å². The smallest absolute Gasteiger partial charge is 0.269 e. The fourth-order valence-electron chi connectivity index (χ4n) is 2.30. The summed E-state index contributed by atoms with van der Waals surface area (Å²) in [5.41, 5.74) is 1.76. The number of nitro benzene ring substituents is 1. The lowest BCUT2D eigenvalue weighted by molar-refractivity contribution is -0.384. The van der Waals surface area contributed by atoms with Crippen LogP contribution in [0.25, 0.3) is 0 Å². The Morgan fingerprint density at radius 3 is 2.38 bits per heavy atom. The van der Waals surface area contributed by atoms with Crippen molar-refractivity contribution in [2.45, 2.75) is 5.37 Å². The van der Waals surface area contributed by atoms with Gasteiger partial charge in [-0.1, -0.05) is 30.3 Å². The third-order valence-electron chi connectivity index (χ3n) is 3.29. The van der Waals surface area contributed by atoms with Gasteiger partial charge in [0.15, 0.2) is 0 Å². The zero-order valence-electron chi connectivity index (χ0n) is 11.0. The van der Waals surface area contributed by atoms with E-state index >= 15 is 0 Å². The monoisotopic (exact) mass is 300 g/mol. The first-order valence-corrected chi connectivity index (χ1v) is 7.45. The molecule has 106 valence electrons. The highest BCUT2D eigenvalue weighted by Gasteiger charge is 2.34. The maximum absolute atomic E-state index is 12.1. The zero-order valence-corrected chi connectivity index (χ0v) is 11.8. The van der Waals surface area contributed by atoms with Crippen LogP contribution >= 0.6 is 11.8 Å². The molecule has 3 rings (SSSR count). The Bertz CT molecular complexity index is 673. The standard InChI is InChI=1S/C15H12N2O3S/c18-14-10-21-15(11-4-2-1-3-5-11)16(14)12-6-8-13(9-7-12)17(19)20/h1-9,15H,10H2/t15-/m0/s1. The quantitative estimate of drug-likeness (QED) is 0.644. The highest BCUT2D eigenvalue weighted by atomic mass is 32.2. The van der Waals surface area contributed by atoms with Crippen molar-refractivity contribution in [1.82, 2.24) is 0 Å². The van der Waals surface area contributed by atoms with Gasteiger partial charge in [-0.3, -0.25) is 19.8 Å². The maximum Gasteiger partial charge on any atom is 0.269 e. The van der Waals surface area contributed by atoms with Crippen molar-refractivity contribution >= 4 is 29.0 Å². The van der Waals surface area contributed by atoms with Crippen LogP contribution in [0.2, 0.25) is 0 Å². The number of benzene rings is 2. The van der Waals surface area contributed by atoms with Gasteiger partial charge in [0.05, 0.1) is 10.7 Å². The molecular weight excluding hydrogens is 288 g/mol. The Kier molecular flexibility index (Phi) is 3.62. The van der Waals surface area contributed by atoms with Crippen LogP contribution in [0.5, 0.6) is 0 Å². The van der Waals surface area contributed by atoms with Gasteiger partial charge in [0, 0.05) is 17.8 Å². The van der Waals surface area contributed by atoms with Crippen molar-refractivity contribution < 1.29 is 9.72 Å². The van der Waals surface area contributed by atoms with E-state index < -0.39 is 4.92 Å². The number of hydrogen-bond acceptors (Lipinski definition) is 4. The van der Waals surface area contributed by atoms with Gasteiger partial charge in [-0.2, -0.15) is 0 Å². The molecule has 1 saturated heterocycles. The van der Waals surface area contributed by atoms with Gasteiger partial charge in [-0.05, 0) is 17.7 Å². The van der Waals surface area contributed by atoms with E-state index in [2.05, 4.69) is 0 Å². The molecule has 1 atom stereocenters. The molecule has 2 aromatic carbocycles. The Morgan fingerprint density at radius 2 is 1.76 bits per heavy atom. The summed E-state index contributed by atoms with van der Waals surface area (Å²) in [6.07, 6.45) is 0. The number of nitrogens with zero attached hydrogens (tertiary/aromatic N) is 2. The maximum atomic E-state index is 12.1. The summed E-state index contributed by atoms with van der Waals surface area (Å²) in [6, 6.07) is 15.9.